The molecule has 1 aliphatic rings. The van der Waals surface area contributed by atoms with Gasteiger partial charge in [0.25, 0.3) is 0 Å². The Morgan fingerprint density at radius 2 is 2.05 bits per heavy atom. The van der Waals surface area contributed by atoms with Crippen LogP contribution in [-0.2, 0) is 11.3 Å². The van der Waals surface area contributed by atoms with E-state index in [2.05, 4.69) is 0 Å². The van der Waals surface area contributed by atoms with Crippen molar-refractivity contribution in [2.75, 3.05) is 13.2 Å². The van der Waals surface area contributed by atoms with E-state index in [1.165, 1.54) is 0 Å². The van der Waals surface area contributed by atoms with Crippen molar-refractivity contribution in [1.29, 1.82) is 0 Å². The van der Waals surface area contributed by atoms with Crippen molar-refractivity contribution >= 4 is 22.7 Å². The van der Waals surface area contributed by atoms with Gasteiger partial charge in [-0.2, -0.15) is 0 Å². The molecule has 19 heavy (non-hydrogen) atoms. The number of ether oxygens (including phenoxy) is 1. The first kappa shape index (κ1) is 12.9. The molecule has 0 aliphatic carbocycles. The minimum absolute atomic E-state index is 0.0450. The van der Waals surface area contributed by atoms with Crippen LogP contribution >= 0.6 is 11.8 Å². The van der Waals surface area contributed by atoms with Gasteiger partial charge in [-0.05, 0) is 25.0 Å². The summed E-state index contributed by atoms with van der Waals surface area (Å²) >= 11 is 1.78. The van der Waals surface area contributed by atoms with Crippen molar-refractivity contribution in [3.63, 3.8) is 0 Å². The largest absolute Gasteiger partial charge is 0.392 e. The van der Waals surface area contributed by atoms with Crippen LogP contribution in [0.2, 0.25) is 0 Å². The van der Waals surface area contributed by atoms with Crippen LogP contribution in [0.25, 0.3) is 10.9 Å². The normalized spacial score (nSPS) is 16.9. The predicted molar refractivity (Wildman–Crippen MR) is 77.4 cm³/mol. The number of nitrogens with zero attached hydrogens (tertiary/aromatic N) is 1. The first-order chi connectivity index (χ1) is 9.36. The molecule has 1 aliphatic heterocycles. The van der Waals surface area contributed by atoms with E-state index in [0.717, 1.165) is 47.5 Å². The Balaban J connectivity index is 1.91. The molecule has 1 N–H and O–H groups in total. The summed E-state index contributed by atoms with van der Waals surface area (Å²) in [5, 5.41) is 12.1. The first-order valence-corrected chi connectivity index (χ1v) is 7.49. The monoisotopic (exact) mass is 275 g/mol. The van der Waals surface area contributed by atoms with E-state index in [9.17, 15) is 5.11 Å². The maximum atomic E-state index is 9.53. The fourth-order valence-electron chi connectivity index (χ4n) is 2.31. The second-order valence-corrected chi connectivity index (χ2v) is 6.02. The first-order valence-electron chi connectivity index (χ1n) is 6.61. The molecule has 4 heteroatoms. The number of aliphatic hydroxyl groups excluding tert-OH is 1. The van der Waals surface area contributed by atoms with Gasteiger partial charge in [-0.25, -0.2) is 4.98 Å². The van der Waals surface area contributed by atoms with Crippen molar-refractivity contribution in [3.05, 3.63) is 35.9 Å². The number of rotatable bonds is 3. The molecule has 1 aromatic heterocycles. The quantitative estimate of drug-likeness (QED) is 0.935. The summed E-state index contributed by atoms with van der Waals surface area (Å²) in [6.07, 6.45) is 2.12. The van der Waals surface area contributed by atoms with Crippen molar-refractivity contribution in [1.82, 2.24) is 4.98 Å². The van der Waals surface area contributed by atoms with Crippen LogP contribution in [0.4, 0.5) is 0 Å². The standard InChI is InChI=1S/C15H17NO2S/c17-10-12-9-11-3-1-2-4-14(11)16-15(12)19-13-5-7-18-8-6-13/h1-4,9,13,17H,5-8,10H2. The Morgan fingerprint density at radius 3 is 2.84 bits per heavy atom. The molecule has 1 aromatic carbocycles. The molecule has 0 radical (unpaired) electrons. The van der Waals surface area contributed by atoms with Gasteiger partial charge in [0.2, 0.25) is 0 Å². The highest BCUT2D eigenvalue weighted by Gasteiger charge is 2.17. The number of hydrogen-bond donors (Lipinski definition) is 1. The second kappa shape index (κ2) is 5.90. The lowest BCUT2D eigenvalue weighted by atomic mass is 10.2. The molecule has 2 aromatic rings. The lowest BCUT2D eigenvalue weighted by molar-refractivity contribution is 0.1000. The molecular weight excluding hydrogens is 258 g/mol. The van der Waals surface area contributed by atoms with Gasteiger partial charge in [0.15, 0.2) is 0 Å². The van der Waals surface area contributed by atoms with E-state index in [1.54, 1.807) is 11.8 Å². The van der Waals surface area contributed by atoms with Crippen LogP contribution in [-0.4, -0.2) is 28.6 Å². The summed E-state index contributed by atoms with van der Waals surface area (Å²) in [7, 11) is 0. The fraction of sp³-hybridized carbons (Fsp3) is 0.400. The van der Waals surface area contributed by atoms with Crippen LogP contribution in [0.15, 0.2) is 35.4 Å². The molecule has 3 nitrogen and oxygen atoms in total. The van der Waals surface area contributed by atoms with Crippen LogP contribution in [0.3, 0.4) is 0 Å². The number of hydrogen-bond acceptors (Lipinski definition) is 4. The van der Waals surface area contributed by atoms with Gasteiger partial charge in [-0.3, -0.25) is 0 Å². The van der Waals surface area contributed by atoms with Crippen molar-refractivity contribution in [3.8, 4) is 0 Å². The van der Waals surface area contributed by atoms with E-state index in [4.69, 9.17) is 9.72 Å². The van der Waals surface area contributed by atoms with E-state index < -0.39 is 0 Å². The second-order valence-electron chi connectivity index (χ2n) is 4.73. The van der Waals surface area contributed by atoms with Crippen molar-refractivity contribution in [2.24, 2.45) is 0 Å². The van der Waals surface area contributed by atoms with Gasteiger partial charge < -0.3 is 9.84 Å². The van der Waals surface area contributed by atoms with E-state index in [0.29, 0.717) is 5.25 Å². The van der Waals surface area contributed by atoms with Crippen LogP contribution < -0.4 is 0 Å². The Hall–Kier alpha value is -1.10. The molecule has 0 unspecified atom stereocenters. The molecule has 3 rings (SSSR count). The summed E-state index contributed by atoms with van der Waals surface area (Å²) < 4.78 is 5.38. The molecule has 0 saturated carbocycles. The average molecular weight is 275 g/mol. The summed E-state index contributed by atoms with van der Waals surface area (Å²) in [6, 6.07) is 10.1. The van der Waals surface area contributed by atoms with Gasteiger partial charge in [-0.1, -0.05) is 18.2 Å². The predicted octanol–water partition coefficient (Wildman–Crippen LogP) is 3.00. The minimum atomic E-state index is 0.0450. The number of pyridine rings is 1. The zero-order chi connectivity index (χ0) is 13.1. The Bertz CT molecular complexity index is 567. The Morgan fingerprint density at radius 1 is 1.26 bits per heavy atom. The van der Waals surface area contributed by atoms with Crippen LogP contribution in [0, 0.1) is 0 Å². The SMILES string of the molecule is OCc1cc2ccccc2nc1SC1CCOCC1. The topological polar surface area (TPSA) is 42.4 Å². The van der Waals surface area contributed by atoms with Crippen molar-refractivity contribution in [2.45, 2.75) is 29.7 Å². The highest BCUT2D eigenvalue weighted by Crippen LogP contribution is 2.32. The third kappa shape index (κ3) is 2.91. The Labute approximate surface area is 117 Å². The highest BCUT2D eigenvalue weighted by molar-refractivity contribution is 7.99. The summed E-state index contributed by atoms with van der Waals surface area (Å²) in [5.41, 5.74) is 1.92. The maximum absolute atomic E-state index is 9.53. The molecule has 2 heterocycles. The number of para-hydroxylation sites is 1. The minimum Gasteiger partial charge on any atom is -0.392 e. The lowest BCUT2D eigenvalue weighted by Gasteiger charge is -2.22. The summed E-state index contributed by atoms with van der Waals surface area (Å²) in [6.45, 7) is 1.71. The van der Waals surface area contributed by atoms with Gasteiger partial charge in [0, 0.05) is 29.4 Å². The van der Waals surface area contributed by atoms with Gasteiger partial charge in [0.05, 0.1) is 12.1 Å². The Kier molecular flexibility index (Phi) is 4.01. The molecule has 1 fully saturated rings. The average Bonchev–Trinajstić information content (AvgIpc) is 2.47. The van der Waals surface area contributed by atoms with E-state index in [1.807, 2.05) is 30.3 Å². The third-order valence-electron chi connectivity index (χ3n) is 3.38. The number of benzene rings is 1. The van der Waals surface area contributed by atoms with E-state index >= 15 is 0 Å². The van der Waals surface area contributed by atoms with Gasteiger partial charge in [0.1, 0.15) is 5.03 Å². The fourth-order valence-corrected chi connectivity index (χ4v) is 3.48. The molecular formula is C15H17NO2S. The van der Waals surface area contributed by atoms with Crippen molar-refractivity contribution < 1.29 is 9.84 Å². The van der Waals surface area contributed by atoms with Crippen LogP contribution in [0.5, 0.6) is 0 Å². The number of aromatic nitrogens is 1. The van der Waals surface area contributed by atoms with E-state index in [-0.39, 0.29) is 6.61 Å². The molecule has 100 valence electrons. The molecule has 0 amide bonds. The lowest BCUT2D eigenvalue weighted by Crippen LogP contribution is -2.17. The number of thioether (sulfide) groups is 1. The molecule has 1 saturated heterocycles. The highest BCUT2D eigenvalue weighted by atomic mass is 32.2. The molecule has 0 atom stereocenters. The van der Waals surface area contributed by atoms with Crippen LogP contribution in [0.1, 0.15) is 18.4 Å². The van der Waals surface area contributed by atoms with Gasteiger partial charge in [-0.15, -0.1) is 11.8 Å². The van der Waals surface area contributed by atoms with Gasteiger partial charge >= 0.3 is 0 Å². The molecule has 0 spiro atoms. The zero-order valence-corrected chi connectivity index (χ0v) is 11.5. The zero-order valence-electron chi connectivity index (χ0n) is 10.7. The third-order valence-corrected chi connectivity index (χ3v) is 4.76. The smallest absolute Gasteiger partial charge is 0.103 e. The summed E-state index contributed by atoms with van der Waals surface area (Å²) in [5.74, 6) is 0. The number of aliphatic hydroxyl groups is 1. The maximum Gasteiger partial charge on any atom is 0.103 e. The molecule has 0 bridgehead atoms. The number of fused-ring (bicyclic) bond motifs is 1. The summed E-state index contributed by atoms with van der Waals surface area (Å²) in [4.78, 5) is 4.70.